The third kappa shape index (κ3) is 25.8. The molecule has 4 N–H and O–H groups in total. The Morgan fingerprint density at radius 2 is 0.970 bits per heavy atom. The molecule has 0 aliphatic carbocycles. The van der Waals surface area contributed by atoms with E-state index >= 15 is 0 Å². The first-order valence-electron chi connectivity index (χ1n) is 14.1. The van der Waals surface area contributed by atoms with E-state index in [-0.39, 0.29) is 5.91 Å². The summed E-state index contributed by atoms with van der Waals surface area (Å²) in [5.41, 5.74) is 2.65. The van der Waals surface area contributed by atoms with Gasteiger partial charge in [0.1, 0.15) is 0 Å². The third-order valence-corrected chi connectivity index (χ3v) is 6.19. The van der Waals surface area contributed by atoms with Crippen LogP contribution < -0.4 is 5.43 Å². The molecule has 0 bridgehead atoms. The number of aliphatic hydroxyl groups is 3. The molecule has 1 amide bonds. The molecule has 0 aromatic rings. The summed E-state index contributed by atoms with van der Waals surface area (Å²) in [6, 6.07) is 0. The molecular formula is C27H56N2O4. The highest BCUT2D eigenvalue weighted by Crippen LogP contribution is 2.14. The second-order valence-corrected chi connectivity index (χ2v) is 9.84. The van der Waals surface area contributed by atoms with Crippen LogP contribution in [-0.2, 0) is 4.79 Å². The van der Waals surface area contributed by atoms with Gasteiger partial charge in [0.2, 0.25) is 5.91 Å². The lowest BCUT2D eigenvalue weighted by Crippen LogP contribution is -2.51. The van der Waals surface area contributed by atoms with Gasteiger partial charge in [-0.3, -0.25) is 10.2 Å². The Morgan fingerprint density at radius 3 is 1.30 bits per heavy atom. The molecule has 0 rings (SSSR count). The maximum absolute atomic E-state index is 12.0. The lowest BCUT2D eigenvalue weighted by molar-refractivity contribution is -0.319. The summed E-state index contributed by atoms with van der Waals surface area (Å²) >= 11 is 0. The zero-order valence-corrected chi connectivity index (χ0v) is 22.0. The van der Waals surface area contributed by atoms with E-state index in [0.29, 0.717) is 13.0 Å². The number of rotatable bonds is 25. The molecule has 0 aliphatic rings. The van der Waals surface area contributed by atoms with Crippen LogP contribution in [0.3, 0.4) is 0 Å². The van der Waals surface area contributed by atoms with Crippen molar-refractivity contribution in [2.24, 2.45) is 0 Å². The molecule has 0 saturated carbocycles. The van der Waals surface area contributed by atoms with Crippen molar-refractivity contribution in [2.75, 3.05) is 13.1 Å². The second kappa shape index (κ2) is 23.1. The fourth-order valence-electron chi connectivity index (χ4n) is 4.30. The van der Waals surface area contributed by atoms with Crippen LogP contribution in [0.4, 0.5) is 0 Å². The first-order valence-corrected chi connectivity index (χ1v) is 14.1. The van der Waals surface area contributed by atoms with E-state index in [2.05, 4.69) is 12.3 Å². The zero-order valence-electron chi connectivity index (χ0n) is 22.0. The van der Waals surface area contributed by atoms with E-state index in [1.54, 1.807) is 0 Å². The van der Waals surface area contributed by atoms with Crippen LogP contribution in [0.15, 0.2) is 0 Å². The van der Waals surface area contributed by atoms with Crippen molar-refractivity contribution in [1.82, 2.24) is 10.4 Å². The standard InChI is InChI=1S/C27H56N2O4/c1-3-5-6-7-8-9-10-11-12-13-14-15-16-17-18-19-20-21-22-23-26(30)28-29(24-4-2)25-27(31,32)33/h31-33H,3-25H2,1-2H3,(H,28,30). The highest BCUT2D eigenvalue weighted by molar-refractivity contribution is 5.75. The van der Waals surface area contributed by atoms with E-state index in [1.165, 1.54) is 108 Å². The fraction of sp³-hybridized carbons (Fsp3) is 0.963. The molecule has 198 valence electrons. The van der Waals surface area contributed by atoms with Crippen molar-refractivity contribution in [3.8, 4) is 0 Å². The maximum atomic E-state index is 12.0. The van der Waals surface area contributed by atoms with Gasteiger partial charge < -0.3 is 15.3 Å². The van der Waals surface area contributed by atoms with Gasteiger partial charge in [0.25, 0.3) is 5.97 Å². The van der Waals surface area contributed by atoms with Gasteiger partial charge in [-0.25, -0.2) is 5.01 Å². The minimum Gasteiger partial charge on any atom is -0.343 e. The lowest BCUT2D eigenvalue weighted by atomic mass is 10.0. The highest BCUT2D eigenvalue weighted by Gasteiger charge is 2.23. The summed E-state index contributed by atoms with van der Waals surface area (Å²) in [6.07, 6.45) is 26.3. The first-order chi connectivity index (χ1) is 15.9. The van der Waals surface area contributed by atoms with Crippen LogP contribution in [0.1, 0.15) is 149 Å². The summed E-state index contributed by atoms with van der Waals surface area (Å²) < 4.78 is 0. The van der Waals surface area contributed by atoms with Crippen LogP contribution in [0.25, 0.3) is 0 Å². The van der Waals surface area contributed by atoms with E-state index in [4.69, 9.17) is 15.3 Å². The molecule has 0 aromatic heterocycles. The molecule has 6 nitrogen and oxygen atoms in total. The number of hydrogen-bond donors (Lipinski definition) is 4. The Hall–Kier alpha value is -0.690. The minimum atomic E-state index is -2.80. The summed E-state index contributed by atoms with van der Waals surface area (Å²) in [7, 11) is 0. The number of nitrogens with zero attached hydrogens (tertiary/aromatic N) is 1. The molecule has 33 heavy (non-hydrogen) atoms. The molecule has 6 heteroatoms. The van der Waals surface area contributed by atoms with Gasteiger partial charge in [0, 0.05) is 13.0 Å². The van der Waals surface area contributed by atoms with Crippen LogP contribution in [0, 0.1) is 0 Å². The molecule has 0 aromatic carbocycles. The Bertz CT molecular complexity index is 427. The summed E-state index contributed by atoms with van der Waals surface area (Å²) in [5.74, 6) is -2.94. The number of carbonyl (C=O) groups excluding carboxylic acids is 1. The molecule has 0 spiro atoms. The summed E-state index contributed by atoms with van der Waals surface area (Å²) in [4.78, 5) is 12.0. The van der Waals surface area contributed by atoms with Crippen molar-refractivity contribution < 1.29 is 20.1 Å². The highest BCUT2D eigenvalue weighted by atomic mass is 16.7. The van der Waals surface area contributed by atoms with Crippen LogP contribution in [0.5, 0.6) is 0 Å². The van der Waals surface area contributed by atoms with Gasteiger partial charge in [0.15, 0.2) is 0 Å². The van der Waals surface area contributed by atoms with Gasteiger partial charge in [-0.05, 0) is 12.8 Å². The van der Waals surface area contributed by atoms with E-state index in [0.717, 1.165) is 25.7 Å². The van der Waals surface area contributed by atoms with Crippen molar-refractivity contribution in [1.29, 1.82) is 0 Å². The average Bonchev–Trinajstić information content (AvgIpc) is 2.74. The topological polar surface area (TPSA) is 93.0 Å². The number of unbranched alkanes of at least 4 members (excludes halogenated alkanes) is 18. The SMILES string of the molecule is CCCCCCCCCCCCCCCCCCCCCC(=O)NN(CCC)CC(O)(O)O. The maximum Gasteiger partial charge on any atom is 0.290 e. The number of nitrogens with one attached hydrogen (secondary N) is 1. The van der Waals surface area contributed by atoms with Crippen LogP contribution >= 0.6 is 0 Å². The first kappa shape index (κ1) is 32.3. The van der Waals surface area contributed by atoms with Gasteiger partial charge in [0.05, 0.1) is 6.54 Å². The van der Waals surface area contributed by atoms with Crippen molar-refractivity contribution in [3.63, 3.8) is 0 Å². The fourth-order valence-corrected chi connectivity index (χ4v) is 4.30. The normalized spacial score (nSPS) is 11.9. The predicted molar refractivity (Wildman–Crippen MR) is 137 cm³/mol. The number of carbonyl (C=O) groups is 1. The van der Waals surface area contributed by atoms with Crippen molar-refractivity contribution in [2.45, 2.75) is 155 Å². The average molecular weight is 473 g/mol. The van der Waals surface area contributed by atoms with Gasteiger partial charge in [-0.2, -0.15) is 0 Å². The molecule has 0 fully saturated rings. The number of amides is 1. The van der Waals surface area contributed by atoms with E-state index in [9.17, 15) is 4.79 Å². The quantitative estimate of drug-likeness (QED) is 0.0723. The Balaban J connectivity index is 3.37. The molecule has 0 unspecified atom stereocenters. The van der Waals surface area contributed by atoms with Gasteiger partial charge in [-0.1, -0.05) is 129 Å². The molecule has 0 saturated heterocycles. The van der Waals surface area contributed by atoms with Crippen LogP contribution in [-0.4, -0.2) is 45.3 Å². The third-order valence-electron chi connectivity index (χ3n) is 6.19. The van der Waals surface area contributed by atoms with Crippen molar-refractivity contribution >= 4 is 5.91 Å². The molecular weight excluding hydrogens is 416 g/mol. The second-order valence-electron chi connectivity index (χ2n) is 9.84. The minimum absolute atomic E-state index is 0.139. The Kier molecular flexibility index (Phi) is 22.6. The summed E-state index contributed by atoms with van der Waals surface area (Å²) in [5, 5.41) is 28.6. The largest absolute Gasteiger partial charge is 0.343 e. The lowest BCUT2D eigenvalue weighted by Gasteiger charge is -2.26. The van der Waals surface area contributed by atoms with E-state index < -0.39 is 12.5 Å². The van der Waals surface area contributed by atoms with Crippen LogP contribution in [0.2, 0.25) is 0 Å². The Labute approximate surface area is 204 Å². The van der Waals surface area contributed by atoms with Crippen molar-refractivity contribution in [3.05, 3.63) is 0 Å². The molecule has 0 aliphatic heterocycles. The molecule has 0 atom stereocenters. The molecule has 0 radical (unpaired) electrons. The summed E-state index contributed by atoms with van der Waals surface area (Å²) in [6.45, 7) is 4.23. The zero-order chi connectivity index (χ0) is 24.6. The number of hydrogen-bond acceptors (Lipinski definition) is 5. The van der Waals surface area contributed by atoms with Gasteiger partial charge in [-0.15, -0.1) is 0 Å². The van der Waals surface area contributed by atoms with Gasteiger partial charge >= 0.3 is 0 Å². The molecule has 0 heterocycles. The Morgan fingerprint density at radius 1 is 0.606 bits per heavy atom. The predicted octanol–water partition coefficient (Wildman–Crippen LogP) is 6.18. The van der Waals surface area contributed by atoms with E-state index in [1.807, 2.05) is 6.92 Å². The monoisotopic (exact) mass is 472 g/mol. The number of hydrazine groups is 1. The smallest absolute Gasteiger partial charge is 0.290 e.